The summed E-state index contributed by atoms with van der Waals surface area (Å²) in [6, 6.07) is 6.41. The Labute approximate surface area is 81.4 Å². The number of nitrogens with zero attached hydrogens (tertiary/aromatic N) is 1. The number of aliphatic hydroxyl groups is 1. The molecular weight excluding hydrogens is 182 g/mol. The fourth-order valence-corrected chi connectivity index (χ4v) is 1.45. The minimum absolute atomic E-state index is 0.0149. The molecule has 1 amide bonds. The molecule has 0 unspecified atom stereocenters. The van der Waals surface area contributed by atoms with Gasteiger partial charge in [0.15, 0.2) is 0 Å². The smallest absolute Gasteiger partial charge is 0.257 e. The highest BCUT2D eigenvalue weighted by molar-refractivity contribution is 5.97. The zero-order valence-electron chi connectivity index (χ0n) is 7.55. The first-order valence-electron chi connectivity index (χ1n) is 4.44. The van der Waals surface area contributed by atoms with Gasteiger partial charge in [0.2, 0.25) is 0 Å². The van der Waals surface area contributed by atoms with Crippen molar-refractivity contribution in [2.24, 2.45) is 0 Å². The molecule has 0 aromatic heterocycles. The van der Waals surface area contributed by atoms with Crippen molar-refractivity contribution in [3.63, 3.8) is 0 Å². The van der Waals surface area contributed by atoms with Gasteiger partial charge in [-0.2, -0.15) is 0 Å². The van der Waals surface area contributed by atoms with E-state index in [0.29, 0.717) is 18.7 Å². The van der Waals surface area contributed by atoms with Gasteiger partial charge in [0, 0.05) is 13.1 Å². The van der Waals surface area contributed by atoms with Crippen LogP contribution in [0.4, 0.5) is 0 Å². The topological polar surface area (TPSA) is 60.8 Å². The number of hydrogen-bond donors (Lipinski definition) is 2. The molecule has 1 heterocycles. The predicted molar refractivity (Wildman–Crippen MR) is 50.0 cm³/mol. The van der Waals surface area contributed by atoms with E-state index in [9.17, 15) is 9.90 Å². The molecule has 1 aromatic carbocycles. The summed E-state index contributed by atoms with van der Waals surface area (Å²) < 4.78 is 0. The standard InChI is InChI=1S/C10H11NO3/c12-7-5-11(6-7)10(14)8-3-1-2-4-9(8)13/h1-4,7,12-13H,5-6H2. The van der Waals surface area contributed by atoms with E-state index >= 15 is 0 Å². The quantitative estimate of drug-likeness (QED) is 0.670. The van der Waals surface area contributed by atoms with Crippen molar-refractivity contribution in [3.8, 4) is 5.75 Å². The Hall–Kier alpha value is -1.55. The first kappa shape index (κ1) is 9.02. The molecule has 4 nitrogen and oxygen atoms in total. The van der Waals surface area contributed by atoms with Crippen LogP contribution in [0.2, 0.25) is 0 Å². The number of para-hydroxylation sites is 1. The van der Waals surface area contributed by atoms with Crippen LogP contribution in [0.3, 0.4) is 0 Å². The summed E-state index contributed by atoms with van der Waals surface area (Å²) in [5.74, 6) is -0.243. The lowest BCUT2D eigenvalue weighted by Gasteiger charge is -2.35. The second kappa shape index (κ2) is 3.31. The lowest BCUT2D eigenvalue weighted by atomic mass is 10.1. The highest BCUT2D eigenvalue weighted by atomic mass is 16.3. The molecule has 0 spiro atoms. The molecule has 0 atom stereocenters. The van der Waals surface area contributed by atoms with Gasteiger partial charge >= 0.3 is 0 Å². The van der Waals surface area contributed by atoms with Crippen LogP contribution in [0, 0.1) is 0 Å². The Morgan fingerprint density at radius 2 is 2.00 bits per heavy atom. The molecule has 2 N–H and O–H groups in total. The molecule has 0 radical (unpaired) electrons. The number of benzene rings is 1. The fraction of sp³-hybridized carbons (Fsp3) is 0.300. The van der Waals surface area contributed by atoms with E-state index in [4.69, 9.17) is 5.11 Å². The number of hydrogen-bond acceptors (Lipinski definition) is 3. The highest BCUT2D eigenvalue weighted by Gasteiger charge is 2.30. The maximum Gasteiger partial charge on any atom is 0.257 e. The number of rotatable bonds is 1. The summed E-state index contributed by atoms with van der Waals surface area (Å²) in [5, 5.41) is 18.4. The molecule has 2 rings (SSSR count). The highest BCUT2D eigenvalue weighted by Crippen LogP contribution is 2.20. The van der Waals surface area contributed by atoms with Gasteiger partial charge in [-0.3, -0.25) is 4.79 Å². The van der Waals surface area contributed by atoms with Crippen molar-refractivity contribution in [1.82, 2.24) is 4.90 Å². The fourth-order valence-electron chi connectivity index (χ4n) is 1.45. The summed E-state index contributed by atoms with van der Waals surface area (Å²) in [6.45, 7) is 0.709. The van der Waals surface area contributed by atoms with Crippen LogP contribution in [-0.4, -0.2) is 40.2 Å². The van der Waals surface area contributed by atoms with Gasteiger partial charge in [-0.15, -0.1) is 0 Å². The van der Waals surface area contributed by atoms with Gasteiger partial charge in [-0.25, -0.2) is 0 Å². The number of phenolic OH excluding ortho intramolecular Hbond substituents is 1. The molecule has 1 aromatic rings. The van der Waals surface area contributed by atoms with Crippen LogP contribution in [0.5, 0.6) is 5.75 Å². The Balaban J connectivity index is 2.16. The number of carbonyl (C=O) groups is 1. The third kappa shape index (κ3) is 1.44. The number of amides is 1. The summed E-state index contributed by atoms with van der Waals surface area (Å²) in [7, 11) is 0. The zero-order chi connectivity index (χ0) is 10.1. The molecule has 0 saturated carbocycles. The van der Waals surface area contributed by atoms with Crippen molar-refractivity contribution in [2.45, 2.75) is 6.10 Å². The van der Waals surface area contributed by atoms with Crippen LogP contribution in [0.15, 0.2) is 24.3 Å². The molecule has 74 valence electrons. The lowest BCUT2D eigenvalue weighted by molar-refractivity contribution is 0.00571. The van der Waals surface area contributed by atoms with E-state index in [1.54, 1.807) is 18.2 Å². The van der Waals surface area contributed by atoms with Crippen molar-refractivity contribution < 1.29 is 15.0 Å². The molecule has 1 saturated heterocycles. The van der Waals surface area contributed by atoms with Gasteiger partial charge in [-0.1, -0.05) is 12.1 Å². The predicted octanol–water partition coefficient (Wildman–Crippen LogP) is 0.209. The second-order valence-corrected chi connectivity index (χ2v) is 3.38. The van der Waals surface area contributed by atoms with E-state index in [2.05, 4.69) is 0 Å². The van der Waals surface area contributed by atoms with Crippen molar-refractivity contribution in [2.75, 3.05) is 13.1 Å². The zero-order valence-corrected chi connectivity index (χ0v) is 7.55. The van der Waals surface area contributed by atoms with Crippen LogP contribution in [0.25, 0.3) is 0 Å². The number of aliphatic hydroxyl groups excluding tert-OH is 1. The summed E-state index contributed by atoms with van der Waals surface area (Å²) in [6.07, 6.45) is -0.412. The van der Waals surface area contributed by atoms with Crippen LogP contribution in [0.1, 0.15) is 10.4 Å². The summed E-state index contributed by atoms with van der Waals surface area (Å²) in [4.78, 5) is 13.1. The Morgan fingerprint density at radius 1 is 1.36 bits per heavy atom. The average molecular weight is 193 g/mol. The summed E-state index contributed by atoms with van der Waals surface area (Å²) in [5.41, 5.74) is 0.291. The molecule has 0 aliphatic carbocycles. The molecule has 0 bridgehead atoms. The van der Waals surface area contributed by atoms with Gasteiger partial charge in [0.1, 0.15) is 5.75 Å². The average Bonchev–Trinajstić information content (AvgIpc) is 2.13. The molecule has 1 aliphatic rings. The number of phenols is 1. The maximum absolute atomic E-state index is 11.6. The minimum Gasteiger partial charge on any atom is -0.507 e. The molecule has 4 heteroatoms. The minimum atomic E-state index is -0.412. The second-order valence-electron chi connectivity index (χ2n) is 3.38. The van der Waals surface area contributed by atoms with Gasteiger partial charge in [0.25, 0.3) is 5.91 Å². The van der Waals surface area contributed by atoms with E-state index in [-0.39, 0.29) is 11.7 Å². The van der Waals surface area contributed by atoms with E-state index < -0.39 is 6.10 Å². The van der Waals surface area contributed by atoms with Crippen LogP contribution < -0.4 is 0 Å². The SMILES string of the molecule is O=C(c1ccccc1O)N1CC(O)C1. The Morgan fingerprint density at radius 3 is 2.57 bits per heavy atom. The monoisotopic (exact) mass is 193 g/mol. The third-order valence-electron chi connectivity index (χ3n) is 2.28. The third-order valence-corrected chi connectivity index (χ3v) is 2.28. The number of β-amino-alcohol motifs (C(OH)–C–C–N with tert-alkyl or cyclic N) is 1. The lowest BCUT2D eigenvalue weighted by Crippen LogP contribution is -2.53. The van der Waals surface area contributed by atoms with Crippen molar-refractivity contribution >= 4 is 5.91 Å². The molecular formula is C10H11NO3. The van der Waals surface area contributed by atoms with Crippen molar-refractivity contribution in [1.29, 1.82) is 0 Å². The Bertz CT molecular complexity index is 358. The van der Waals surface area contributed by atoms with Gasteiger partial charge in [0.05, 0.1) is 11.7 Å². The molecule has 1 aliphatic heterocycles. The number of carbonyl (C=O) groups excluding carboxylic acids is 1. The first-order chi connectivity index (χ1) is 6.68. The molecule has 14 heavy (non-hydrogen) atoms. The van der Waals surface area contributed by atoms with Crippen LogP contribution in [-0.2, 0) is 0 Å². The van der Waals surface area contributed by atoms with E-state index in [1.807, 2.05) is 0 Å². The van der Waals surface area contributed by atoms with E-state index in [0.717, 1.165) is 0 Å². The van der Waals surface area contributed by atoms with Gasteiger partial charge in [-0.05, 0) is 12.1 Å². The maximum atomic E-state index is 11.6. The number of likely N-dealkylation sites (tertiary alicyclic amines) is 1. The molecule has 1 fully saturated rings. The van der Waals surface area contributed by atoms with Crippen molar-refractivity contribution in [3.05, 3.63) is 29.8 Å². The largest absolute Gasteiger partial charge is 0.507 e. The number of aromatic hydroxyl groups is 1. The first-order valence-corrected chi connectivity index (χ1v) is 4.44. The Kier molecular flexibility index (Phi) is 2.13. The van der Waals surface area contributed by atoms with Crippen LogP contribution >= 0.6 is 0 Å². The van der Waals surface area contributed by atoms with E-state index in [1.165, 1.54) is 11.0 Å². The normalized spacial score (nSPS) is 16.5. The van der Waals surface area contributed by atoms with Gasteiger partial charge < -0.3 is 15.1 Å². The summed E-state index contributed by atoms with van der Waals surface area (Å²) >= 11 is 0.